The van der Waals surface area contributed by atoms with E-state index in [0.29, 0.717) is 29.3 Å². The molecule has 0 saturated heterocycles. The predicted octanol–water partition coefficient (Wildman–Crippen LogP) is 4.47. The van der Waals surface area contributed by atoms with Gasteiger partial charge >= 0.3 is 0 Å². The maximum atomic E-state index is 12.7. The zero-order valence-corrected chi connectivity index (χ0v) is 14.0. The molecule has 120 valence electrons. The van der Waals surface area contributed by atoms with Crippen molar-refractivity contribution in [3.8, 4) is 0 Å². The summed E-state index contributed by atoms with van der Waals surface area (Å²) in [6.07, 6.45) is 0.660. The van der Waals surface area contributed by atoms with Crippen molar-refractivity contribution < 1.29 is 13.7 Å². The summed E-state index contributed by atoms with van der Waals surface area (Å²) in [5.41, 5.74) is 5.03. The van der Waals surface area contributed by atoms with E-state index in [2.05, 4.69) is 10.5 Å². The second kappa shape index (κ2) is 5.57. The highest BCUT2D eigenvalue weighted by atomic mass is 16.5. The molecule has 0 unspecified atom stereocenters. The van der Waals surface area contributed by atoms with E-state index in [9.17, 15) is 4.79 Å². The number of rotatable bonds is 3. The average Bonchev–Trinajstić information content (AvgIpc) is 3.05. The minimum atomic E-state index is -0.279. The molecule has 3 aromatic rings. The third-order valence-corrected chi connectivity index (χ3v) is 4.18. The van der Waals surface area contributed by atoms with Gasteiger partial charge in [0.05, 0.1) is 0 Å². The summed E-state index contributed by atoms with van der Waals surface area (Å²) in [6.45, 7) is 9.66. The molecule has 5 nitrogen and oxygen atoms in total. The third-order valence-electron chi connectivity index (χ3n) is 4.18. The van der Waals surface area contributed by atoms with Gasteiger partial charge in [0.25, 0.3) is 5.91 Å². The van der Waals surface area contributed by atoms with E-state index in [1.54, 1.807) is 6.92 Å². The Labute approximate surface area is 134 Å². The molecule has 2 aromatic heterocycles. The molecular weight excluding hydrogens is 292 g/mol. The quantitative estimate of drug-likeness (QED) is 0.774. The Balaban J connectivity index is 2.05. The highest BCUT2D eigenvalue weighted by Gasteiger charge is 2.22. The van der Waals surface area contributed by atoms with Crippen molar-refractivity contribution in [3.05, 3.63) is 46.0 Å². The number of carbonyl (C=O) groups excluding carboxylic acids is 1. The third kappa shape index (κ3) is 2.42. The lowest BCUT2D eigenvalue weighted by molar-refractivity contribution is 0.0997. The van der Waals surface area contributed by atoms with Crippen LogP contribution in [-0.2, 0) is 6.42 Å². The monoisotopic (exact) mass is 312 g/mol. The summed E-state index contributed by atoms with van der Waals surface area (Å²) < 4.78 is 11.1. The zero-order valence-electron chi connectivity index (χ0n) is 14.0. The van der Waals surface area contributed by atoms with Crippen LogP contribution in [0, 0.1) is 27.7 Å². The van der Waals surface area contributed by atoms with Gasteiger partial charge in [-0.15, -0.1) is 0 Å². The van der Waals surface area contributed by atoms with Gasteiger partial charge in [0.15, 0.2) is 11.5 Å². The van der Waals surface area contributed by atoms with Crippen molar-refractivity contribution in [2.24, 2.45) is 0 Å². The lowest BCUT2D eigenvalue weighted by Crippen LogP contribution is -2.13. The highest BCUT2D eigenvalue weighted by molar-refractivity contribution is 6.07. The largest absolute Gasteiger partial charge is 0.450 e. The van der Waals surface area contributed by atoms with E-state index in [-0.39, 0.29) is 5.91 Å². The first-order valence-electron chi connectivity index (χ1n) is 7.69. The van der Waals surface area contributed by atoms with Crippen LogP contribution in [0.2, 0.25) is 0 Å². The summed E-state index contributed by atoms with van der Waals surface area (Å²) in [5, 5.41) is 7.79. The number of fused-ring (bicyclic) bond motifs is 1. The van der Waals surface area contributed by atoms with Gasteiger partial charge < -0.3 is 14.3 Å². The van der Waals surface area contributed by atoms with E-state index >= 15 is 0 Å². The van der Waals surface area contributed by atoms with Crippen molar-refractivity contribution >= 4 is 22.6 Å². The van der Waals surface area contributed by atoms with Gasteiger partial charge in [0, 0.05) is 17.4 Å². The molecule has 23 heavy (non-hydrogen) atoms. The van der Waals surface area contributed by atoms with Crippen molar-refractivity contribution in [2.75, 3.05) is 5.32 Å². The molecule has 0 radical (unpaired) electrons. The molecule has 0 aliphatic carbocycles. The standard InChI is InChI=1S/C18H20N2O3/c1-6-13-15(12(5)20-23-13)19-18(21)17-11(4)14-9(2)7-8-10(3)16(14)22-17/h7-8H,6H2,1-5H3,(H,19,21). The first kappa shape index (κ1) is 15.3. The van der Waals surface area contributed by atoms with Gasteiger partial charge in [-0.05, 0) is 38.8 Å². The van der Waals surface area contributed by atoms with Crippen molar-refractivity contribution in [2.45, 2.75) is 41.0 Å². The van der Waals surface area contributed by atoms with Crippen LogP contribution in [0.4, 0.5) is 5.69 Å². The van der Waals surface area contributed by atoms with Crippen LogP contribution in [0.1, 0.15) is 45.6 Å². The van der Waals surface area contributed by atoms with Crippen LogP contribution < -0.4 is 5.32 Å². The molecule has 0 atom stereocenters. The number of aromatic nitrogens is 1. The fraction of sp³-hybridized carbons (Fsp3) is 0.333. The number of furan rings is 1. The number of benzene rings is 1. The normalized spacial score (nSPS) is 11.2. The lowest BCUT2D eigenvalue weighted by atomic mass is 10.0. The molecular formula is C18H20N2O3. The number of hydrogen-bond donors (Lipinski definition) is 1. The Hall–Kier alpha value is -2.56. The molecule has 0 fully saturated rings. The average molecular weight is 312 g/mol. The first-order chi connectivity index (χ1) is 10.9. The molecule has 0 spiro atoms. The smallest absolute Gasteiger partial charge is 0.291 e. The molecule has 1 aromatic carbocycles. The molecule has 2 heterocycles. The van der Waals surface area contributed by atoms with Gasteiger partial charge in [0.2, 0.25) is 0 Å². The number of hydrogen-bond acceptors (Lipinski definition) is 4. The molecule has 1 amide bonds. The summed E-state index contributed by atoms with van der Waals surface area (Å²) in [7, 11) is 0. The number of anilines is 1. The molecule has 0 aliphatic rings. The van der Waals surface area contributed by atoms with Gasteiger partial charge in [-0.25, -0.2) is 0 Å². The second-order valence-corrected chi connectivity index (χ2v) is 5.83. The molecule has 0 saturated carbocycles. The highest BCUT2D eigenvalue weighted by Crippen LogP contribution is 2.31. The maximum Gasteiger partial charge on any atom is 0.291 e. The summed E-state index contributed by atoms with van der Waals surface area (Å²) >= 11 is 0. The van der Waals surface area contributed by atoms with E-state index < -0.39 is 0 Å². The number of nitrogens with one attached hydrogen (secondary N) is 1. The number of nitrogens with zero attached hydrogens (tertiary/aromatic N) is 1. The SMILES string of the molecule is CCc1onc(C)c1NC(=O)c1oc2c(C)ccc(C)c2c1C. The summed E-state index contributed by atoms with van der Waals surface area (Å²) in [6, 6.07) is 4.04. The predicted molar refractivity (Wildman–Crippen MR) is 89.0 cm³/mol. The van der Waals surface area contributed by atoms with E-state index in [1.165, 1.54) is 0 Å². The van der Waals surface area contributed by atoms with Crippen LogP contribution in [-0.4, -0.2) is 11.1 Å². The van der Waals surface area contributed by atoms with E-state index in [4.69, 9.17) is 8.94 Å². The van der Waals surface area contributed by atoms with E-state index in [1.807, 2.05) is 39.8 Å². The number of amides is 1. The molecule has 1 N–H and O–H groups in total. The molecule has 0 aliphatic heterocycles. The maximum absolute atomic E-state index is 12.7. The molecule has 3 rings (SSSR count). The Bertz CT molecular complexity index is 903. The summed E-state index contributed by atoms with van der Waals surface area (Å²) in [4.78, 5) is 12.7. The van der Waals surface area contributed by atoms with Gasteiger partial charge in [0.1, 0.15) is 17.0 Å². The second-order valence-electron chi connectivity index (χ2n) is 5.83. The minimum absolute atomic E-state index is 0.279. The number of aryl methyl sites for hydroxylation is 5. The topological polar surface area (TPSA) is 68.3 Å². The lowest BCUT2D eigenvalue weighted by Gasteiger charge is -2.03. The van der Waals surface area contributed by atoms with Gasteiger partial charge in [-0.2, -0.15) is 0 Å². The van der Waals surface area contributed by atoms with E-state index in [0.717, 1.165) is 27.7 Å². The number of carbonyl (C=O) groups is 1. The van der Waals surface area contributed by atoms with Gasteiger partial charge in [-0.1, -0.05) is 24.2 Å². The van der Waals surface area contributed by atoms with Gasteiger partial charge in [-0.3, -0.25) is 4.79 Å². The Kier molecular flexibility index (Phi) is 3.72. The Morgan fingerprint density at radius 1 is 1.17 bits per heavy atom. The fourth-order valence-corrected chi connectivity index (χ4v) is 2.88. The van der Waals surface area contributed by atoms with Crippen molar-refractivity contribution in [1.82, 2.24) is 5.16 Å². The van der Waals surface area contributed by atoms with Crippen LogP contribution in [0.25, 0.3) is 11.0 Å². The minimum Gasteiger partial charge on any atom is -0.450 e. The van der Waals surface area contributed by atoms with Crippen LogP contribution in [0.5, 0.6) is 0 Å². The molecule has 0 bridgehead atoms. The Morgan fingerprint density at radius 2 is 1.87 bits per heavy atom. The first-order valence-corrected chi connectivity index (χ1v) is 7.69. The van der Waals surface area contributed by atoms with Crippen molar-refractivity contribution in [3.63, 3.8) is 0 Å². The van der Waals surface area contributed by atoms with Crippen LogP contribution in [0.3, 0.4) is 0 Å². The fourth-order valence-electron chi connectivity index (χ4n) is 2.88. The zero-order chi connectivity index (χ0) is 16.7. The Morgan fingerprint density at radius 3 is 2.52 bits per heavy atom. The van der Waals surface area contributed by atoms with Crippen molar-refractivity contribution in [1.29, 1.82) is 0 Å². The molecule has 5 heteroatoms. The van der Waals surface area contributed by atoms with Crippen LogP contribution >= 0.6 is 0 Å². The summed E-state index contributed by atoms with van der Waals surface area (Å²) in [5.74, 6) is 0.718. The van der Waals surface area contributed by atoms with Crippen LogP contribution in [0.15, 0.2) is 21.1 Å².